The summed E-state index contributed by atoms with van der Waals surface area (Å²) in [4.78, 5) is 17.7. The van der Waals surface area contributed by atoms with Gasteiger partial charge in [-0.15, -0.1) is 11.3 Å². The molecule has 0 atom stereocenters. The number of thiazole rings is 1. The average Bonchev–Trinajstić information content (AvgIpc) is 3.16. The van der Waals surface area contributed by atoms with Gasteiger partial charge in [0.2, 0.25) is 15.9 Å². The average molecular weight is 464 g/mol. The van der Waals surface area contributed by atoms with Gasteiger partial charge in [-0.2, -0.15) is 0 Å². The topological polar surface area (TPSA) is 88.2 Å². The van der Waals surface area contributed by atoms with Crippen LogP contribution in [0.2, 0.25) is 5.02 Å². The fourth-order valence-electron chi connectivity index (χ4n) is 2.79. The Labute approximate surface area is 185 Å². The third kappa shape index (κ3) is 5.89. The minimum atomic E-state index is -3.46. The second-order valence-corrected chi connectivity index (χ2v) is 10.2. The predicted octanol–water partition coefficient (Wildman–Crippen LogP) is 4.18. The van der Waals surface area contributed by atoms with E-state index in [0.717, 1.165) is 26.6 Å². The minimum Gasteiger partial charge on any atom is -0.302 e. The summed E-state index contributed by atoms with van der Waals surface area (Å²) in [6.07, 6.45) is 3.25. The molecule has 0 radical (unpaired) electrons. The van der Waals surface area contributed by atoms with Crippen molar-refractivity contribution >= 4 is 44.0 Å². The number of rotatable bonds is 8. The van der Waals surface area contributed by atoms with Gasteiger partial charge in [0, 0.05) is 28.9 Å². The van der Waals surface area contributed by atoms with Crippen molar-refractivity contribution in [2.45, 2.75) is 31.1 Å². The molecule has 0 saturated heterocycles. The molecule has 9 heteroatoms. The van der Waals surface area contributed by atoms with Gasteiger partial charge in [-0.1, -0.05) is 35.9 Å². The maximum Gasteiger partial charge on any atom is 0.240 e. The molecule has 0 aliphatic heterocycles. The normalized spacial score (nSPS) is 11.4. The highest BCUT2D eigenvalue weighted by atomic mass is 35.5. The number of carbonyl (C=O) groups excluding carboxylic acids is 1. The maximum absolute atomic E-state index is 12.2. The lowest BCUT2D eigenvalue weighted by Gasteiger charge is -2.05. The van der Waals surface area contributed by atoms with Crippen LogP contribution in [0.15, 0.2) is 53.6 Å². The molecule has 0 saturated carbocycles. The number of nitrogens with one attached hydrogen (secondary N) is 2. The Morgan fingerprint density at radius 2 is 1.83 bits per heavy atom. The van der Waals surface area contributed by atoms with Crippen molar-refractivity contribution in [2.24, 2.45) is 0 Å². The first kappa shape index (κ1) is 22.4. The SMILES string of the molecule is CNS(=O)(=O)c1ccc(CCC(=O)Nc2ncc(Cc3ccc(C)c(Cl)c3)s2)cc1. The number of halogens is 1. The first-order valence-electron chi connectivity index (χ1n) is 9.29. The van der Waals surface area contributed by atoms with Crippen LogP contribution in [0.3, 0.4) is 0 Å². The highest BCUT2D eigenvalue weighted by Gasteiger charge is 2.12. The van der Waals surface area contributed by atoms with Crippen LogP contribution < -0.4 is 10.0 Å². The molecular formula is C21H22ClN3O3S2. The zero-order valence-electron chi connectivity index (χ0n) is 16.6. The quantitative estimate of drug-likeness (QED) is 0.524. The van der Waals surface area contributed by atoms with Crippen LogP contribution in [-0.4, -0.2) is 26.4 Å². The Kier molecular flexibility index (Phi) is 7.25. The molecule has 0 spiro atoms. The summed E-state index contributed by atoms with van der Waals surface area (Å²) in [5.74, 6) is -0.138. The van der Waals surface area contributed by atoms with Crippen LogP contribution in [0.4, 0.5) is 5.13 Å². The molecule has 0 unspecified atom stereocenters. The summed E-state index contributed by atoms with van der Waals surface area (Å²) in [6, 6.07) is 12.5. The van der Waals surface area contributed by atoms with Crippen molar-refractivity contribution in [2.75, 3.05) is 12.4 Å². The number of sulfonamides is 1. The summed E-state index contributed by atoms with van der Waals surface area (Å²) in [5, 5.41) is 4.12. The van der Waals surface area contributed by atoms with Gasteiger partial charge in [-0.05, 0) is 55.3 Å². The number of hydrogen-bond acceptors (Lipinski definition) is 5. The van der Waals surface area contributed by atoms with E-state index in [1.807, 2.05) is 25.1 Å². The highest BCUT2D eigenvalue weighted by Crippen LogP contribution is 2.24. The second kappa shape index (κ2) is 9.70. The number of amides is 1. The van der Waals surface area contributed by atoms with Gasteiger partial charge in [-0.25, -0.2) is 18.1 Å². The molecule has 1 heterocycles. The van der Waals surface area contributed by atoms with Crippen LogP contribution in [0, 0.1) is 6.92 Å². The third-order valence-corrected chi connectivity index (χ3v) is 7.31. The Morgan fingerprint density at radius 3 is 2.50 bits per heavy atom. The molecule has 2 aromatic carbocycles. The van der Waals surface area contributed by atoms with Crippen LogP contribution in [0.1, 0.15) is 28.0 Å². The Balaban J connectivity index is 1.52. The lowest BCUT2D eigenvalue weighted by molar-refractivity contribution is -0.116. The number of aryl methyl sites for hydroxylation is 2. The monoisotopic (exact) mass is 463 g/mol. The zero-order chi connectivity index (χ0) is 21.7. The Bertz CT molecular complexity index is 1140. The van der Waals surface area contributed by atoms with Gasteiger partial charge < -0.3 is 5.32 Å². The maximum atomic E-state index is 12.2. The van der Waals surface area contributed by atoms with Crippen molar-refractivity contribution in [3.8, 4) is 0 Å². The summed E-state index contributed by atoms with van der Waals surface area (Å²) in [5.41, 5.74) is 3.02. The smallest absolute Gasteiger partial charge is 0.240 e. The van der Waals surface area contributed by atoms with Crippen molar-refractivity contribution in [1.82, 2.24) is 9.71 Å². The molecule has 158 valence electrons. The fraction of sp³-hybridized carbons (Fsp3) is 0.238. The van der Waals surface area contributed by atoms with Crippen molar-refractivity contribution in [1.29, 1.82) is 0 Å². The van der Waals surface area contributed by atoms with Gasteiger partial charge >= 0.3 is 0 Å². The van der Waals surface area contributed by atoms with E-state index in [9.17, 15) is 13.2 Å². The van der Waals surface area contributed by atoms with Crippen LogP contribution >= 0.6 is 22.9 Å². The van der Waals surface area contributed by atoms with E-state index in [4.69, 9.17) is 11.6 Å². The number of nitrogens with zero attached hydrogens (tertiary/aromatic N) is 1. The summed E-state index contributed by atoms with van der Waals surface area (Å²) < 4.78 is 25.8. The molecule has 3 aromatic rings. The first-order chi connectivity index (χ1) is 14.3. The molecule has 3 rings (SSSR count). The van der Waals surface area contributed by atoms with E-state index in [1.54, 1.807) is 18.3 Å². The number of benzene rings is 2. The fourth-order valence-corrected chi connectivity index (χ4v) is 4.58. The second-order valence-electron chi connectivity index (χ2n) is 6.79. The van der Waals surface area contributed by atoms with Crippen LogP contribution in [-0.2, 0) is 27.7 Å². The van der Waals surface area contributed by atoms with E-state index in [-0.39, 0.29) is 17.2 Å². The zero-order valence-corrected chi connectivity index (χ0v) is 19.0. The Morgan fingerprint density at radius 1 is 1.13 bits per heavy atom. The molecule has 30 heavy (non-hydrogen) atoms. The molecule has 0 aliphatic carbocycles. The van der Waals surface area contributed by atoms with E-state index in [1.165, 1.54) is 30.5 Å². The van der Waals surface area contributed by atoms with E-state index in [0.29, 0.717) is 18.0 Å². The summed E-state index contributed by atoms with van der Waals surface area (Å²) in [7, 11) is -2.09. The number of carbonyl (C=O) groups is 1. The van der Waals surface area contributed by atoms with Gasteiger partial charge in [0.25, 0.3) is 0 Å². The molecule has 0 aliphatic rings. The lowest BCUT2D eigenvalue weighted by Crippen LogP contribution is -2.18. The van der Waals surface area contributed by atoms with Gasteiger partial charge in [0.05, 0.1) is 4.90 Å². The largest absolute Gasteiger partial charge is 0.302 e. The number of anilines is 1. The minimum absolute atomic E-state index is 0.138. The molecule has 0 fully saturated rings. The third-order valence-electron chi connectivity index (χ3n) is 4.56. The van der Waals surface area contributed by atoms with Crippen LogP contribution in [0.5, 0.6) is 0 Å². The predicted molar refractivity (Wildman–Crippen MR) is 121 cm³/mol. The van der Waals surface area contributed by atoms with Gasteiger partial charge in [0.1, 0.15) is 0 Å². The lowest BCUT2D eigenvalue weighted by atomic mass is 10.1. The molecule has 1 aromatic heterocycles. The van der Waals surface area contributed by atoms with Gasteiger partial charge in [0.15, 0.2) is 5.13 Å². The van der Waals surface area contributed by atoms with E-state index in [2.05, 4.69) is 15.0 Å². The first-order valence-corrected chi connectivity index (χ1v) is 12.0. The summed E-state index contributed by atoms with van der Waals surface area (Å²) >= 11 is 7.61. The highest BCUT2D eigenvalue weighted by molar-refractivity contribution is 7.89. The van der Waals surface area contributed by atoms with E-state index >= 15 is 0 Å². The molecular weight excluding hydrogens is 442 g/mol. The number of aromatic nitrogens is 1. The van der Waals surface area contributed by atoms with Crippen molar-refractivity contribution in [3.63, 3.8) is 0 Å². The van der Waals surface area contributed by atoms with E-state index < -0.39 is 10.0 Å². The molecule has 6 nitrogen and oxygen atoms in total. The van der Waals surface area contributed by atoms with Crippen molar-refractivity contribution < 1.29 is 13.2 Å². The van der Waals surface area contributed by atoms with Gasteiger partial charge in [-0.3, -0.25) is 4.79 Å². The molecule has 2 N–H and O–H groups in total. The van der Waals surface area contributed by atoms with Crippen LogP contribution in [0.25, 0.3) is 0 Å². The van der Waals surface area contributed by atoms with Crippen molar-refractivity contribution in [3.05, 3.63) is 75.3 Å². The molecule has 0 bridgehead atoms. The summed E-state index contributed by atoms with van der Waals surface area (Å²) in [6.45, 7) is 1.96. The standard InChI is InChI=1S/C21H22ClN3O3S2/c1-14-3-4-16(12-19(14)22)11-17-13-24-21(29-17)25-20(26)10-7-15-5-8-18(9-6-15)30(27,28)23-2/h3-6,8-9,12-13,23H,7,10-11H2,1-2H3,(H,24,25,26). The number of hydrogen-bond donors (Lipinski definition) is 2. The Hall–Kier alpha value is -2.26. The molecule has 1 amide bonds.